The van der Waals surface area contributed by atoms with Gasteiger partial charge >= 0.3 is 5.69 Å². The number of carbonyl (C=O) groups excluding carboxylic acids is 1. The minimum Gasteiger partial charge on any atom is -0.505 e. The number of aromatic hydroxyl groups is 1. The maximum absolute atomic E-state index is 13.3. The van der Waals surface area contributed by atoms with Crippen LogP contribution in [0.4, 0.5) is 11.5 Å². The van der Waals surface area contributed by atoms with Crippen LogP contribution in [0.5, 0.6) is 11.5 Å². The van der Waals surface area contributed by atoms with E-state index < -0.39 is 22.9 Å². The monoisotopic (exact) mass is 418 g/mol. The molecule has 1 unspecified atom stereocenters. The van der Waals surface area contributed by atoms with E-state index in [0.717, 1.165) is 0 Å². The van der Waals surface area contributed by atoms with Crippen molar-refractivity contribution in [3.63, 3.8) is 0 Å². The number of nitrogens with zero attached hydrogens (tertiary/aromatic N) is 1. The van der Waals surface area contributed by atoms with Gasteiger partial charge in [0.15, 0.2) is 17.2 Å². The number of aromatic amines is 2. The Morgan fingerprint density at radius 1 is 1.06 bits per heavy atom. The van der Waals surface area contributed by atoms with Crippen molar-refractivity contribution in [3.8, 4) is 11.5 Å². The van der Waals surface area contributed by atoms with E-state index in [2.05, 4.69) is 20.5 Å². The Hall–Kier alpha value is -4.47. The van der Waals surface area contributed by atoms with Gasteiger partial charge in [0.05, 0.1) is 18.4 Å². The number of nitroso groups, excluding NO2 is 1. The molecule has 0 radical (unpaired) electrons. The Bertz CT molecular complexity index is 1450. The molecule has 1 atom stereocenters. The van der Waals surface area contributed by atoms with Crippen LogP contribution in [-0.4, -0.2) is 28.0 Å². The molecule has 2 heterocycles. The summed E-state index contributed by atoms with van der Waals surface area (Å²) in [6, 6.07) is 9.61. The first-order valence-electron chi connectivity index (χ1n) is 9.20. The number of carbonyl (C=O) groups is 1. The molecule has 1 aliphatic carbocycles. The van der Waals surface area contributed by atoms with E-state index in [0.29, 0.717) is 22.4 Å². The van der Waals surface area contributed by atoms with Gasteiger partial charge in [0.1, 0.15) is 11.6 Å². The largest absolute Gasteiger partial charge is 0.505 e. The minimum atomic E-state index is -0.952. The number of benzene rings is 2. The highest BCUT2D eigenvalue weighted by Gasteiger charge is 2.42. The van der Waals surface area contributed by atoms with Crippen LogP contribution in [0, 0.1) is 4.91 Å². The van der Waals surface area contributed by atoms with Gasteiger partial charge in [0, 0.05) is 22.6 Å². The Kier molecular flexibility index (Phi) is 3.90. The number of nitrogens with one attached hydrogen (secondary N) is 3. The molecule has 10 heteroatoms. The van der Waals surface area contributed by atoms with Gasteiger partial charge < -0.3 is 15.2 Å². The second-order valence-corrected chi connectivity index (χ2v) is 7.10. The average molecular weight is 418 g/mol. The van der Waals surface area contributed by atoms with Gasteiger partial charge in [-0.05, 0) is 22.9 Å². The van der Waals surface area contributed by atoms with Crippen molar-refractivity contribution in [1.29, 1.82) is 0 Å². The molecule has 5 rings (SSSR count). The first-order valence-corrected chi connectivity index (χ1v) is 9.20. The number of anilines is 1. The fourth-order valence-corrected chi connectivity index (χ4v) is 4.21. The highest BCUT2D eigenvalue weighted by molar-refractivity contribution is 6.23. The fourth-order valence-electron chi connectivity index (χ4n) is 4.21. The van der Waals surface area contributed by atoms with Gasteiger partial charge in [-0.1, -0.05) is 24.3 Å². The summed E-state index contributed by atoms with van der Waals surface area (Å²) in [5.74, 6) is -1.59. The fraction of sp³-hybridized carbons (Fsp3) is 0.0952. The number of H-pyrrole nitrogens is 2. The Morgan fingerprint density at radius 3 is 2.52 bits per heavy atom. The lowest BCUT2D eigenvalue weighted by Crippen LogP contribution is -2.33. The van der Waals surface area contributed by atoms with Crippen LogP contribution in [-0.2, 0) is 0 Å². The molecule has 3 aromatic rings. The normalized spacial score (nSPS) is 16.3. The number of hydrogen-bond acceptors (Lipinski definition) is 8. The van der Waals surface area contributed by atoms with Crippen molar-refractivity contribution in [2.24, 2.45) is 5.18 Å². The molecule has 1 aliphatic heterocycles. The zero-order chi connectivity index (χ0) is 21.9. The summed E-state index contributed by atoms with van der Waals surface area (Å²) in [7, 11) is 1.30. The summed E-state index contributed by atoms with van der Waals surface area (Å²) >= 11 is 0. The maximum atomic E-state index is 13.3. The Labute approximate surface area is 173 Å². The van der Waals surface area contributed by atoms with E-state index in [1.807, 2.05) is 0 Å². The molecule has 0 saturated carbocycles. The molecule has 2 aliphatic rings. The molecular weight excluding hydrogens is 404 g/mol. The number of rotatable bonds is 3. The maximum Gasteiger partial charge on any atom is 0.327 e. The molecule has 4 N–H and O–H groups in total. The van der Waals surface area contributed by atoms with Crippen molar-refractivity contribution in [2.45, 2.75) is 5.92 Å². The highest BCUT2D eigenvalue weighted by atomic mass is 16.5. The quantitative estimate of drug-likeness (QED) is 0.476. The van der Waals surface area contributed by atoms with Gasteiger partial charge in [0.2, 0.25) is 0 Å². The van der Waals surface area contributed by atoms with E-state index in [9.17, 15) is 24.4 Å². The van der Waals surface area contributed by atoms with Crippen molar-refractivity contribution in [1.82, 2.24) is 9.97 Å². The number of phenolic OH excluding ortho intramolecular Hbond substituents is 1. The SMILES string of the molecule is COc1cc(C2C3=C(Nc4[nH]c(=O)[nH]c(=O)c42)c2ccccc2C3=O)cc(O)c1N=O. The first kappa shape index (κ1) is 18.6. The van der Waals surface area contributed by atoms with Crippen molar-refractivity contribution < 1.29 is 14.6 Å². The number of methoxy groups -OCH3 is 1. The topological polar surface area (TPSA) is 154 Å². The molecule has 0 amide bonds. The molecule has 0 fully saturated rings. The summed E-state index contributed by atoms with van der Waals surface area (Å²) in [6.45, 7) is 0. The third kappa shape index (κ3) is 2.54. The van der Waals surface area contributed by atoms with E-state index in [4.69, 9.17) is 4.74 Å². The van der Waals surface area contributed by atoms with Crippen LogP contribution < -0.4 is 21.3 Å². The summed E-state index contributed by atoms with van der Waals surface area (Å²) < 4.78 is 5.17. The molecule has 1 aromatic heterocycles. The molecule has 0 bridgehead atoms. The molecule has 0 saturated heterocycles. The number of ether oxygens (including phenoxy) is 1. The van der Waals surface area contributed by atoms with Gasteiger partial charge in [-0.15, -0.1) is 4.91 Å². The molecule has 31 heavy (non-hydrogen) atoms. The van der Waals surface area contributed by atoms with Crippen LogP contribution >= 0.6 is 0 Å². The number of phenols is 1. The smallest absolute Gasteiger partial charge is 0.327 e. The molecule has 154 valence electrons. The standard InChI is InChI=1S/C21H14N4O6/c1-31-12-7-8(6-11(26)17(12)25-30)13-14-16(9-4-2-3-5-10(9)18(14)27)22-19-15(13)20(28)24-21(29)23-19/h2-7,13,26H,1H3,(H3,22,23,24,28,29). The lowest BCUT2D eigenvalue weighted by atomic mass is 9.81. The van der Waals surface area contributed by atoms with E-state index >= 15 is 0 Å². The third-order valence-electron chi connectivity index (χ3n) is 5.48. The second kappa shape index (κ2) is 6.52. The van der Waals surface area contributed by atoms with Crippen LogP contribution in [0.25, 0.3) is 5.70 Å². The number of ketones is 1. The molecule has 10 nitrogen and oxygen atoms in total. The number of Topliss-reactive ketones (excluding diaryl/α,β-unsaturated/α-hetero) is 1. The van der Waals surface area contributed by atoms with Crippen LogP contribution in [0.3, 0.4) is 0 Å². The number of hydrogen-bond donors (Lipinski definition) is 4. The van der Waals surface area contributed by atoms with E-state index in [1.54, 1.807) is 24.3 Å². The number of aromatic nitrogens is 2. The third-order valence-corrected chi connectivity index (χ3v) is 5.48. The van der Waals surface area contributed by atoms with Crippen molar-refractivity contribution >= 4 is 23.0 Å². The van der Waals surface area contributed by atoms with Gasteiger partial charge in [-0.25, -0.2) is 4.79 Å². The first-order chi connectivity index (χ1) is 14.9. The summed E-state index contributed by atoms with van der Waals surface area (Å²) in [5.41, 5.74) is 0.505. The molecular formula is C21H14N4O6. The lowest BCUT2D eigenvalue weighted by molar-refractivity contribution is 0.103. The van der Waals surface area contributed by atoms with Crippen LogP contribution in [0.15, 0.2) is 56.7 Å². The predicted octanol–water partition coefficient (Wildman–Crippen LogP) is 2.34. The zero-order valence-corrected chi connectivity index (χ0v) is 16.0. The Balaban J connectivity index is 1.85. The molecule has 2 aromatic carbocycles. The summed E-state index contributed by atoms with van der Waals surface area (Å²) in [4.78, 5) is 53.9. The summed E-state index contributed by atoms with van der Waals surface area (Å²) in [5, 5.41) is 16.1. The van der Waals surface area contributed by atoms with Gasteiger partial charge in [-0.2, -0.15) is 0 Å². The van der Waals surface area contributed by atoms with Crippen molar-refractivity contribution in [2.75, 3.05) is 12.4 Å². The van der Waals surface area contributed by atoms with E-state index in [-0.39, 0.29) is 34.2 Å². The Morgan fingerprint density at radius 2 is 1.81 bits per heavy atom. The average Bonchev–Trinajstić information content (AvgIpc) is 3.03. The number of fused-ring (bicyclic) bond motifs is 3. The number of allylic oxidation sites excluding steroid dienone is 1. The predicted molar refractivity (Wildman–Crippen MR) is 111 cm³/mol. The van der Waals surface area contributed by atoms with Crippen LogP contribution in [0.1, 0.15) is 33.0 Å². The van der Waals surface area contributed by atoms with Gasteiger partial charge in [-0.3, -0.25) is 19.6 Å². The van der Waals surface area contributed by atoms with Crippen LogP contribution in [0.2, 0.25) is 0 Å². The highest BCUT2D eigenvalue weighted by Crippen LogP contribution is 2.49. The molecule has 0 spiro atoms. The minimum absolute atomic E-state index is 0.0176. The van der Waals surface area contributed by atoms with E-state index in [1.165, 1.54) is 19.2 Å². The van der Waals surface area contributed by atoms with Gasteiger partial charge in [0.25, 0.3) is 5.56 Å². The lowest BCUT2D eigenvalue weighted by Gasteiger charge is -2.27. The summed E-state index contributed by atoms with van der Waals surface area (Å²) in [6.07, 6.45) is 0. The zero-order valence-electron chi connectivity index (χ0n) is 16.0. The second-order valence-electron chi connectivity index (χ2n) is 7.10. The van der Waals surface area contributed by atoms with Crippen molar-refractivity contribution in [3.05, 3.63) is 90.0 Å².